The first kappa shape index (κ1) is 20.8. The number of anilines is 2. The predicted molar refractivity (Wildman–Crippen MR) is 130 cm³/mol. The number of hydrogen-bond acceptors (Lipinski definition) is 4. The normalized spacial score (nSPS) is 13.6. The fourth-order valence-corrected chi connectivity index (χ4v) is 4.58. The summed E-state index contributed by atoms with van der Waals surface area (Å²) in [4.78, 5) is 33.5. The van der Waals surface area contributed by atoms with Gasteiger partial charge in [0.05, 0.1) is 6.54 Å². The third kappa shape index (κ3) is 3.30. The SMILES string of the molecule is Cc1ccc(N2CCCn3c2nc2c3c(=O)n(Cc3ccc(Br)cc3)c(=O)n2C)cc1C. The highest BCUT2D eigenvalue weighted by Crippen LogP contribution is 2.31. The lowest BCUT2D eigenvalue weighted by molar-refractivity contribution is 0.597. The van der Waals surface area contributed by atoms with Crippen LogP contribution in [-0.2, 0) is 20.1 Å². The molecule has 4 aromatic rings. The molecule has 2 aromatic carbocycles. The van der Waals surface area contributed by atoms with Crippen LogP contribution in [0.3, 0.4) is 0 Å². The summed E-state index contributed by atoms with van der Waals surface area (Å²) in [5.41, 5.74) is 4.62. The number of hydrogen-bond donors (Lipinski definition) is 0. The molecule has 32 heavy (non-hydrogen) atoms. The topological polar surface area (TPSA) is 65.1 Å². The van der Waals surface area contributed by atoms with Crippen molar-refractivity contribution in [3.8, 4) is 0 Å². The summed E-state index contributed by atoms with van der Waals surface area (Å²) in [6, 6.07) is 14.0. The van der Waals surface area contributed by atoms with E-state index >= 15 is 0 Å². The van der Waals surface area contributed by atoms with E-state index in [1.807, 2.05) is 28.8 Å². The summed E-state index contributed by atoms with van der Waals surface area (Å²) in [5.74, 6) is 0.711. The first-order chi connectivity index (χ1) is 15.3. The fraction of sp³-hybridized carbons (Fsp3) is 0.292. The molecule has 0 N–H and O–H groups in total. The largest absolute Gasteiger partial charge is 0.332 e. The Morgan fingerprint density at radius 3 is 2.47 bits per heavy atom. The van der Waals surface area contributed by atoms with E-state index in [2.05, 4.69) is 52.9 Å². The molecule has 0 fully saturated rings. The fourth-order valence-electron chi connectivity index (χ4n) is 4.31. The van der Waals surface area contributed by atoms with Crippen molar-refractivity contribution < 1.29 is 0 Å². The molecule has 5 rings (SSSR count). The minimum Gasteiger partial charge on any atom is -0.312 e. The van der Waals surface area contributed by atoms with Crippen LogP contribution in [0.5, 0.6) is 0 Å². The molecule has 2 aromatic heterocycles. The van der Waals surface area contributed by atoms with E-state index in [0.717, 1.165) is 28.7 Å². The third-order valence-electron chi connectivity index (χ3n) is 6.27. The molecule has 0 aliphatic carbocycles. The number of nitrogens with zero attached hydrogens (tertiary/aromatic N) is 5. The van der Waals surface area contributed by atoms with Gasteiger partial charge in [0, 0.05) is 30.3 Å². The maximum atomic E-state index is 13.5. The van der Waals surface area contributed by atoms with Crippen LogP contribution < -0.4 is 16.1 Å². The second-order valence-corrected chi connectivity index (χ2v) is 9.28. The van der Waals surface area contributed by atoms with Crippen molar-refractivity contribution in [3.05, 3.63) is 84.5 Å². The number of benzene rings is 2. The summed E-state index contributed by atoms with van der Waals surface area (Å²) in [6.45, 7) is 5.91. The van der Waals surface area contributed by atoms with E-state index in [0.29, 0.717) is 23.7 Å². The van der Waals surface area contributed by atoms with Gasteiger partial charge in [0.15, 0.2) is 11.2 Å². The van der Waals surface area contributed by atoms with Crippen LogP contribution >= 0.6 is 15.9 Å². The zero-order chi connectivity index (χ0) is 22.6. The number of aromatic nitrogens is 4. The van der Waals surface area contributed by atoms with Crippen molar-refractivity contribution in [2.45, 2.75) is 33.4 Å². The predicted octanol–water partition coefficient (Wildman–Crippen LogP) is 3.87. The molecule has 1 aliphatic rings. The van der Waals surface area contributed by atoms with E-state index in [1.165, 1.54) is 20.3 Å². The van der Waals surface area contributed by atoms with Gasteiger partial charge in [0.1, 0.15) is 0 Å². The minimum absolute atomic E-state index is 0.218. The molecule has 3 heterocycles. The molecule has 0 saturated carbocycles. The molecule has 164 valence electrons. The monoisotopic (exact) mass is 493 g/mol. The van der Waals surface area contributed by atoms with Gasteiger partial charge in [-0.3, -0.25) is 13.9 Å². The van der Waals surface area contributed by atoms with Gasteiger partial charge in [-0.25, -0.2) is 4.79 Å². The van der Waals surface area contributed by atoms with Crippen LogP contribution in [-0.4, -0.2) is 25.2 Å². The average molecular weight is 494 g/mol. The molecule has 0 spiro atoms. The Labute approximate surface area is 193 Å². The summed E-state index contributed by atoms with van der Waals surface area (Å²) in [5, 5.41) is 0. The van der Waals surface area contributed by atoms with Gasteiger partial charge >= 0.3 is 5.69 Å². The maximum absolute atomic E-state index is 13.5. The number of imidazole rings is 1. The zero-order valence-corrected chi connectivity index (χ0v) is 19.9. The Kier molecular flexibility index (Phi) is 5.04. The smallest absolute Gasteiger partial charge is 0.312 e. The Balaban J connectivity index is 1.68. The second-order valence-electron chi connectivity index (χ2n) is 8.37. The molecule has 0 amide bonds. The average Bonchev–Trinajstić information content (AvgIpc) is 3.18. The number of halogens is 1. The lowest BCUT2D eigenvalue weighted by Crippen LogP contribution is -2.40. The molecule has 0 saturated heterocycles. The lowest BCUT2D eigenvalue weighted by Gasteiger charge is -2.29. The quantitative estimate of drug-likeness (QED) is 0.434. The maximum Gasteiger partial charge on any atom is 0.332 e. The van der Waals surface area contributed by atoms with Crippen molar-refractivity contribution in [1.29, 1.82) is 0 Å². The highest BCUT2D eigenvalue weighted by Gasteiger charge is 2.27. The molecule has 0 unspecified atom stereocenters. The Bertz CT molecular complexity index is 1460. The molecular formula is C24H24BrN5O2. The van der Waals surface area contributed by atoms with Gasteiger partial charge in [-0.2, -0.15) is 4.98 Å². The standard InChI is InChI=1S/C24H24BrN5O2/c1-15-5-10-19(13-16(15)2)28-11-4-12-29-20-21(26-23(28)29)27(3)24(32)30(22(20)31)14-17-6-8-18(25)9-7-17/h5-10,13H,4,11-12,14H2,1-3H3. The van der Waals surface area contributed by atoms with Gasteiger partial charge < -0.3 is 9.47 Å². The van der Waals surface area contributed by atoms with Crippen molar-refractivity contribution in [2.75, 3.05) is 11.4 Å². The molecule has 0 atom stereocenters. The Morgan fingerprint density at radius 2 is 1.75 bits per heavy atom. The molecule has 0 radical (unpaired) electrons. The van der Waals surface area contributed by atoms with Gasteiger partial charge in [-0.05, 0) is 61.2 Å². The van der Waals surface area contributed by atoms with Crippen LogP contribution in [0.25, 0.3) is 11.2 Å². The van der Waals surface area contributed by atoms with E-state index in [4.69, 9.17) is 4.98 Å². The summed E-state index contributed by atoms with van der Waals surface area (Å²) < 4.78 is 5.70. The van der Waals surface area contributed by atoms with Gasteiger partial charge in [0.25, 0.3) is 5.56 Å². The van der Waals surface area contributed by atoms with Crippen LogP contribution in [0.1, 0.15) is 23.1 Å². The molecule has 1 aliphatic heterocycles. The van der Waals surface area contributed by atoms with Crippen LogP contribution in [0.4, 0.5) is 11.6 Å². The van der Waals surface area contributed by atoms with E-state index in [9.17, 15) is 9.59 Å². The number of rotatable bonds is 3. The highest BCUT2D eigenvalue weighted by atomic mass is 79.9. The molecule has 8 heteroatoms. The van der Waals surface area contributed by atoms with Crippen LogP contribution in [0.2, 0.25) is 0 Å². The number of fused-ring (bicyclic) bond motifs is 3. The number of aryl methyl sites for hydroxylation is 4. The van der Waals surface area contributed by atoms with Crippen LogP contribution in [0, 0.1) is 13.8 Å². The molecule has 7 nitrogen and oxygen atoms in total. The van der Waals surface area contributed by atoms with Crippen molar-refractivity contribution in [2.24, 2.45) is 7.05 Å². The summed E-state index contributed by atoms with van der Waals surface area (Å²) in [6.07, 6.45) is 0.889. The molecular weight excluding hydrogens is 470 g/mol. The van der Waals surface area contributed by atoms with Crippen molar-refractivity contribution in [1.82, 2.24) is 18.7 Å². The first-order valence-electron chi connectivity index (χ1n) is 10.6. The summed E-state index contributed by atoms with van der Waals surface area (Å²) >= 11 is 3.42. The van der Waals surface area contributed by atoms with Crippen molar-refractivity contribution in [3.63, 3.8) is 0 Å². The Hall–Kier alpha value is -3.13. The van der Waals surface area contributed by atoms with E-state index < -0.39 is 0 Å². The summed E-state index contributed by atoms with van der Waals surface area (Å²) in [7, 11) is 1.68. The van der Waals surface area contributed by atoms with Gasteiger partial charge in [-0.15, -0.1) is 0 Å². The lowest BCUT2D eigenvalue weighted by atomic mass is 10.1. The van der Waals surface area contributed by atoms with E-state index in [-0.39, 0.29) is 17.8 Å². The van der Waals surface area contributed by atoms with E-state index in [1.54, 1.807) is 7.05 Å². The minimum atomic E-state index is -0.362. The van der Waals surface area contributed by atoms with Crippen LogP contribution in [0.15, 0.2) is 56.5 Å². The van der Waals surface area contributed by atoms with Gasteiger partial charge in [0.2, 0.25) is 5.95 Å². The van der Waals surface area contributed by atoms with Crippen molar-refractivity contribution >= 4 is 38.7 Å². The zero-order valence-electron chi connectivity index (χ0n) is 18.3. The molecule has 0 bridgehead atoms. The van der Waals surface area contributed by atoms with Gasteiger partial charge in [-0.1, -0.05) is 34.1 Å². The third-order valence-corrected chi connectivity index (χ3v) is 6.80. The highest BCUT2D eigenvalue weighted by molar-refractivity contribution is 9.10. The first-order valence-corrected chi connectivity index (χ1v) is 11.4. The second kappa shape index (κ2) is 7.78. The Morgan fingerprint density at radius 1 is 1.00 bits per heavy atom.